The van der Waals surface area contributed by atoms with Crippen molar-refractivity contribution < 1.29 is 31.1 Å². The lowest BCUT2D eigenvalue weighted by Crippen LogP contribution is -2.58. The van der Waals surface area contributed by atoms with Gasteiger partial charge in [-0.15, -0.1) is 0 Å². The van der Waals surface area contributed by atoms with Crippen LogP contribution in [0.1, 0.15) is 32.4 Å². The summed E-state index contributed by atoms with van der Waals surface area (Å²) >= 11 is 0. The van der Waals surface area contributed by atoms with Gasteiger partial charge in [-0.25, -0.2) is 13.4 Å². The number of aromatic nitrogens is 1. The number of ether oxygens (including phenoxy) is 1. The lowest BCUT2D eigenvalue weighted by atomic mass is 9.81. The molecule has 3 rings (SSSR count). The summed E-state index contributed by atoms with van der Waals surface area (Å²) in [5, 5.41) is 0. The molecule has 1 amide bonds. The number of carbonyl (C=O) groups excluding carboxylic acids is 1. The van der Waals surface area contributed by atoms with Gasteiger partial charge in [0.15, 0.2) is 15.4 Å². The minimum Gasteiger partial charge on any atom is -0.476 e. The van der Waals surface area contributed by atoms with Crippen LogP contribution in [-0.2, 0) is 20.8 Å². The van der Waals surface area contributed by atoms with Crippen molar-refractivity contribution in [3.63, 3.8) is 0 Å². The Morgan fingerprint density at radius 2 is 1.78 bits per heavy atom. The molecule has 0 unspecified atom stereocenters. The van der Waals surface area contributed by atoms with Gasteiger partial charge in [0.25, 0.3) is 5.91 Å². The number of rotatable bonds is 3. The number of hydrogen-bond donors (Lipinski definition) is 0. The Kier molecular flexibility index (Phi) is 4.69. The third kappa shape index (κ3) is 4.20. The minimum atomic E-state index is -4.54. The highest BCUT2D eigenvalue weighted by atomic mass is 32.2. The molecule has 0 aliphatic carbocycles. The van der Waals surface area contributed by atoms with Crippen molar-refractivity contribution in [1.82, 2.24) is 9.88 Å². The predicted molar refractivity (Wildman–Crippen MR) is 90.8 cm³/mol. The van der Waals surface area contributed by atoms with E-state index in [1.807, 2.05) is 0 Å². The number of hydrogen-bond acceptors (Lipinski definition) is 5. The summed E-state index contributed by atoms with van der Waals surface area (Å²) in [7, 11) is -2.93. The molecule has 2 fully saturated rings. The highest BCUT2D eigenvalue weighted by Gasteiger charge is 2.50. The molecule has 0 saturated carbocycles. The number of pyridine rings is 1. The van der Waals surface area contributed by atoms with Gasteiger partial charge < -0.3 is 9.64 Å². The van der Waals surface area contributed by atoms with E-state index < -0.39 is 27.3 Å². The fourth-order valence-electron chi connectivity index (χ4n) is 3.69. The lowest BCUT2D eigenvalue weighted by molar-refractivity contribution is -0.148. The fourth-order valence-corrected chi connectivity index (χ4v) is 6.05. The van der Waals surface area contributed by atoms with Crippen LogP contribution in [0.3, 0.4) is 0 Å². The van der Waals surface area contributed by atoms with Crippen molar-refractivity contribution in [1.29, 1.82) is 0 Å². The number of nitrogens with zero attached hydrogens (tertiary/aromatic N) is 2. The Balaban J connectivity index is 1.61. The molecule has 0 radical (unpaired) electrons. The molecule has 0 atom stereocenters. The van der Waals surface area contributed by atoms with Crippen LogP contribution in [0.25, 0.3) is 0 Å². The first-order chi connectivity index (χ1) is 12.3. The summed E-state index contributed by atoms with van der Waals surface area (Å²) in [6, 6.07) is 1.94. The second-order valence-corrected chi connectivity index (χ2v) is 9.88. The van der Waals surface area contributed by atoms with Crippen molar-refractivity contribution in [2.75, 3.05) is 24.6 Å². The number of alkyl halides is 3. The summed E-state index contributed by atoms with van der Waals surface area (Å²) in [4.78, 5) is 17.7. The number of halogens is 3. The van der Waals surface area contributed by atoms with Crippen molar-refractivity contribution in [2.24, 2.45) is 5.41 Å². The van der Waals surface area contributed by atoms with E-state index in [-0.39, 0.29) is 28.6 Å². The maximum absolute atomic E-state index is 12.8. The smallest absolute Gasteiger partial charge is 0.433 e. The summed E-state index contributed by atoms with van der Waals surface area (Å²) in [5.74, 6) is 0.137. The highest BCUT2D eigenvalue weighted by Crippen LogP contribution is 2.42. The van der Waals surface area contributed by atoms with E-state index in [9.17, 15) is 26.4 Å². The predicted octanol–water partition coefficient (Wildman–Crippen LogP) is 2.29. The van der Waals surface area contributed by atoms with Crippen LogP contribution in [0, 0.1) is 5.41 Å². The molecule has 2 saturated heterocycles. The Morgan fingerprint density at radius 1 is 1.19 bits per heavy atom. The molecule has 0 bridgehead atoms. The number of piperidine rings is 1. The Morgan fingerprint density at radius 3 is 2.22 bits per heavy atom. The van der Waals surface area contributed by atoms with Gasteiger partial charge in [-0.2, -0.15) is 13.2 Å². The zero-order chi connectivity index (χ0) is 20.1. The first-order valence-electron chi connectivity index (χ1n) is 8.54. The molecule has 3 heterocycles. The van der Waals surface area contributed by atoms with Crippen molar-refractivity contribution in [2.45, 2.75) is 38.5 Å². The SMILES string of the molecule is CC(C)(Oc1ccc(C(F)(F)F)nc1)C(=O)N1CCC2(CC1)CS(=O)(=O)C2. The van der Waals surface area contributed by atoms with Crippen LogP contribution in [0.15, 0.2) is 18.3 Å². The largest absolute Gasteiger partial charge is 0.476 e. The first-order valence-corrected chi connectivity index (χ1v) is 10.4. The quantitative estimate of drug-likeness (QED) is 0.770. The summed E-state index contributed by atoms with van der Waals surface area (Å²) in [6.07, 6.45) is -2.35. The Bertz CT molecular complexity index is 813. The number of sulfone groups is 1. The van der Waals surface area contributed by atoms with E-state index >= 15 is 0 Å². The number of carbonyl (C=O) groups is 1. The third-order valence-corrected chi connectivity index (χ3v) is 7.18. The molecule has 1 aromatic heterocycles. The zero-order valence-corrected chi connectivity index (χ0v) is 15.9. The average molecular weight is 406 g/mol. The van der Waals surface area contributed by atoms with Crippen LogP contribution in [0.5, 0.6) is 5.75 Å². The molecular weight excluding hydrogens is 385 g/mol. The van der Waals surface area contributed by atoms with E-state index in [0.717, 1.165) is 18.3 Å². The third-order valence-electron chi connectivity index (χ3n) is 5.08. The van der Waals surface area contributed by atoms with E-state index in [1.54, 1.807) is 18.7 Å². The second kappa shape index (κ2) is 6.35. The maximum atomic E-state index is 12.8. The fraction of sp³-hybridized carbons (Fsp3) is 0.647. The van der Waals surface area contributed by atoms with E-state index in [0.29, 0.717) is 25.9 Å². The molecule has 150 valence electrons. The topological polar surface area (TPSA) is 76.6 Å². The molecule has 2 aliphatic rings. The Labute approximate surface area is 155 Å². The van der Waals surface area contributed by atoms with Gasteiger partial charge in [0.2, 0.25) is 0 Å². The second-order valence-electron chi connectivity index (χ2n) is 7.81. The number of likely N-dealkylation sites (tertiary alicyclic amines) is 1. The zero-order valence-electron chi connectivity index (χ0n) is 15.0. The molecular formula is C17H21F3N2O4S. The average Bonchev–Trinajstić information content (AvgIpc) is 2.52. The van der Waals surface area contributed by atoms with Crippen LogP contribution in [0.2, 0.25) is 0 Å². The van der Waals surface area contributed by atoms with Gasteiger partial charge in [-0.05, 0) is 38.8 Å². The van der Waals surface area contributed by atoms with Gasteiger partial charge in [-0.3, -0.25) is 4.79 Å². The molecule has 27 heavy (non-hydrogen) atoms. The summed E-state index contributed by atoms with van der Waals surface area (Å²) in [6.45, 7) is 3.97. The molecule has 0 N–H and O–H groups in total. The maximum Gasteiger partial charge on any atom is 0.433 e. The lowest BCUT2D eigenvalue weighted by Gasteiger charge is -2.47. The van der Waals surface area contributed by atoms with E-state index in [2.05, 4.69) is 4.98 Å². The first kappa shape index (κ1) is 19.9. The van der Waals surface area contributed by atoms with Crippen LogP contribution >= 0.6 is 0 Å². The normalized spacial score (nSPS) is 21.6. The standard InChI is InChI=1S/C17H21F3N2O4S/c1-15(2,26-12-3-4-13(21-9-12)17(18,19)20)14(23)22-7-5-16(6-8-22)10-27(24,25)11-16/h3-4,9H,5-8,10-11H2,1-2H3. The summed E-state index contributed by atoms with van der Waals surface area (Å²) in [5.41, 5.74) is -2.52. The van der Waals surface area contributed by atoms with Crippen molar-refractivity contribution in [3.05, 3.63) is 24.0 Å². The summed E-state index contributed by atoms with van der Waals surface area (Å²) < 4.78 is 66.2. The molecule has 0 aromatic carbocycles. The van der Waals surface area contributed by atoms with Gasteiger partial charge in [0.1, 0.15) is 11.4 Å². The monoisotopic (exact) mass is 406 g/mol. The minimum absolute atomic E-state index is 0.0694. The van der Waals surface area contributed by atoms with Gasteiger partial charge in [0, 0.05) is 18.5 Å². The molecule has 1 aromatic rings. The van der Waals surface area contributed by atoms with Crippen LogP contribution in [-0.4, -0.2) is 54.4 Å². The molecule has 6 nitrogen and oxygen atoms in total. The van der Waals surface area contributed by atoms with Gasteiger partial charge >= 0.3 is 6.18 Å². The number of amides is 1. The highest BCUT2D eigenvalue weighted by molar-refractivity contribution is 7.92. The molecule has 10 heteroatoms. The van der Waals surface area contributed by atoms with Gasteiger partial charge in [-0.1, -0.05) is 0 Å². The van der Waals surface area contributed by atoms with E-state index in [4.69, 9.17) is 4.74 Å². The molecule has 2 aliphatic heterocycles. The van der Waals surface area contributed by atoms with E-state index in [1.165, 1.54) is 0 Å². The Hall–Kier alpha value is -1.84. The van der Waals surface area contributed by atoms with Crippen molar-refractivity contribution in [3.8, 4) is 5.75 Å². The van der Waals surface area contributed by atoms with Gasteiger partial charge in [0.05, 0.1) is 17.7 Å². The molecule has 1 spiro atoms. The van der Waals surface area contributed by atoms with Crippen molar-refractivity contribution >= 4 is 15.7 Å². The van der Waals surface area contributed by atoms with Crippen LogP contribution < -0.4 is 4.74 Å². The van der Waals surface area contributed by atoms with Crippen LogP contribution in [0.4, 0.5) is 13.2 Å².